The summed E-state index contributed by atoms with van der Waals surface area (Å²) < 4.78 is 57.3. The molecule has 1 amide bonds. The van der Waals surface area contributed by atoms with Crippen LogP contribution in [0.4, 0.5) is 23.2 Å². The number of hydrogen-bond acceptors (Lipinski definition) is 6. The average molecular weight is 538 g/mol. The van der Waals surface area contributed by atoms with E-state index >= 15 is 0 Å². The van der Waals surface area contributed by atoms with Gasteiger partial charge in [0.1, 0.15) is 17.5 Å². The number of carbonyl (C=O) groups is 1. The van der Waals surface area contributed by atoms with Crippen LogP contribution in [0.5, 0.6) is 0 Å². The van der Waals surface area contributed by atoms with Gasteiger partial charge in [-0.15, -0.1) is 0 Å². The number of H-pyrrole nitrogens is 2. The molecular formula is C25H18F4N8O2. The molecule has 14 heteroatoms. The number of benzene rings is 2. The van der Waals surface area contributed by atoms with Crippen LogP contribution in [0.1, 0.15) is 27.6 Å². The molecule has 0 aliphatic rings. The van der Waals surface area contributed by atoms with Gasteiger partial charge in [0, 0.05) is 24.4 Å². The van der Waals surface area contributed by atoms with Crippen LogP contribution in [0.3, 0.4) is 0 Å². The van der Waals surface area contributed by atoms with E-state index in [4.69, 9.17) is 0 Å². The molecule has 0 bridgehead atoms. The zero-order valence-corrected chi connectivity index (χ0v) is 20.0. The zero-order valence-electron chi connectivity index (χ0n) is 20.0. The highest BCUT2D eigenvalue weighted by Gasteiger charge is 2.36. The van der Waals surface area contributed by atoms with Gasteiger partial charge in [0.2, 0.25) is 0 Å². The molecule has 39 heavy (non-hydrogen) atoms. The first-order valence-corrected chi connectivity index (χ1v) is 11.4. The minimum absolute atomic E-state index is 0.0633. The summed E-state index contributed by atoms with van der Waals surface area (Å²) in [5, 5.41) is 12.6. The van der Waals surface area contributed by atoms with Gasteiger partial charge >= 0.3 is 11.9 Å². The molecular weight excluding hydrogens is 520 g/mol. The summed E-state index contributed by atoms with van der Waals surface area (Å²) >= 11 is 0. The Morgan fingerprint density at radius 3 is 2.54 bits per heavy atom. The Labute approximate surface area is 216 Å². The van der Waals surface area contributed by atoms with E-state index in [9.17, 15) is 27.2 Å². The Hall–Kier alpha value is -5.14. The standard InChI is InChI=1S/C25H18F4N8O2/c1-37-8-7-18(36-37)14-9-15(17(26)10-16(14)25(27,28)29)23(38)31-19-12-30-20(11-21-33-24(39)35-34-21)32-22(19)13-5-3-2-4-6-13/h2-10,12H,11H2,1H3,(H,31,38)(H2,33,34,35,39). The van der Waals surface area contributed by atoms with E-state index in [0.717, 1.165) is 6.07 Å². The van der Waals surface area contributed by atoms with Gasteiger partial charge in [0.15, 0.2) is 0 Å². The van der Waals surface area contributed by atoms with Crippen LogP contribution in [0.25, 0.3) is 22.5 Å². The highest BCUT2D eigenvalue weighted by molar-refractivity contribution is 6.06. The van der Waals surface area contributed by atoms with E-state index in [1.807, 2.05) is 0 Å². The molecule has 3 aromatic heterocycles. The fourth-order valence-corrected chi connectivity index (χ4v) is 3.89. The van der Waals surface area contributed by atoms with Gasteiger partial charge in [-0.3, -0.25) is 14.5 Å². The van der Waals surface area contributed by atoms with Gasteiger partial charge < -0.3 is 5.32 Å². The Morgan fingerprint density at radius 1 is 1.13 bits per heavy atom. The number of aromatic amines is 2. The maximum atomic E-state index is 14.9. The summed E-state index contributed by atoms with van der Waals surface area (Å²) in [6.45, 7) is 0. The summed E-state index contributed by atoms with van der Waals surface area (Å²) in [4.78, 5) is 35.7. The van der Waals surface area contributed by atoms with Crippen molar-refractivity contribution in [1.29, 1.82) is 0 Å². The molecule has 0 saturated carbocycles. The smallest absolute Gasteiger partial charge is 0.319 e. The SMILES string of the molecule is Cn1ccc(-c2cc(C(=O)Nc3cnc(Cc4n[nH]c(=O)[nH]4)nc3-c3ccccc3)c(F)cc2C(F)(F)F)n1. The molecule has 3 heterocycles. The van der Waals surface area contributed by atoms with Crippen LogP contribution in [-0.4, -0.2) is 40.8 Å². The number of halogens is 4. The van der Waals surface area contributed by atoms with E-state index in [0.29, 0.717) is 5.56 Å². The second-order valence-electron chi connectivity index (χ2n) is 8.42. The second-order valence-corrected chi connectivity index (χ2v) is 8.42. The molecule has 0 fully saturated rings. The van der Waals surface area contributed by atoms with Crippen molar-refractivity contribution in [3.05, 3.63) is 100 Å². The minimum atomic E-state index is -4.88. The lowest BCUT2D eigenvalue weighted by atomic mass is 9.99. The fraction of sp³-hybridized carbons (Fsp3) is 0.120. The van der Waals surface area contributed by atoms with Crippen molar-refractivity contribution in [2.45, 2.75) is 12.6 Å². The number of alkyl halides is 3. The van der Waals surface area contributed by atoms with E-state index in [-0.39, 0.29) is 41.2 Å². The molecule has 0 saturated heterocycles. The first-order valence-electron chi connectivity index (χ1n) is 11.4. The number of aryl methyl sites for hydroxylation is 1. The molecule has 0 unspecified atom stereocenters. The lowest BCUT2D eigenvalue weighted by Gasteiger charge is -2.15. The fourth-order valence-electron chi connectivity index (χ4n) is 3.89. The maximum Gasteiger partial charge on any atom is 0.417 e. The van der Waals surface area contributed by atoms with Crippen molar-refractivity contribution in [1.82, 2.24) is 34.9 Å². The van der Waals surface area contributed by atoms with Crippen molar-refractivity contribution in [2.75, 3.05) is 5.32 Å². The Morgan fingerprint density at radius 2 is 1.90 bits per heavy atom. The maximum absolute atomic E-state index is 14.9. The normalized spacial score (nSPS) is 11.5. The Kier molecular flexibility index (Phi) is 6.52. The topological polar surface area (TPSA) is 134 Å². The van der Waals surface area contributed by atoms with Crippen molar-refractivity contribution in [2.24, 2.45) is 7.05 Å². The number of anilines is 1. The molecule has 0 radical (unpaired) electrons. The molecule has 0 aliphatic carbocycles. The first-order chi connectivity index (χ1) is 18.6. The number of aromatic nitrogens is 7. The van der Waals surface area contributed by atoms with E-state index in [1.54, 1.807) is 30.3 Å². The molecule has 0 atom stereocenters. The highest BCUT2D eigenvalue weighted by Crippen LogP contribution is 2.38. The van der Waals surface area contributed by atoms with Crippen LogP contribution in [0.2, 0.25) is 0 Å². The summed E-state index contributed by atoms with van der Waals surface area (Å²) in [5.41, 5.74) is -1.97. The Bertz CT molecular complexity index is 1720. The number of nitrogens with one attached hydrogen (secondary N) is 3. The number of hydrogen-bond donors (Lipinski definition) is 3. The monoisotopic (exact) mass is 538 g/mol. The largest absolute Gasteiger partial charge is 0.417 e. The third-order valence-electron chi connectivity index (χ3n) is 5.66. The van der Waals surface area contributed by atoms with E-state index in [1.165, 1.54) is 30.2 Å². The van der Waals surface area contributed by atoms with Crippen LogP contribution in [0, 0.1) is 5.82 Å². The third kappa shape index (κ3) is 5.44. The molecule has 2 aromatic carbocycles. The average Bonchev–Trinajstić information content (AvgIpc) is 3.52. The highest BCUT2D eigenvalue weighted by atomic mass is 19.4. The van der Waals surface area contributed by atoms with E-state index < -0.39 is 40.3 Å². The first kappa shape index (κ1) is 25.5. The van der Waals surface area contributed by atoms with Gasteiger partial charge in [0.05, 0.1) is 40.8 Å². The van der Waals surface area contributed by atoms with Crippen LogP contribution in [0.15, 0.2) is 65.7 Å². The molecule has 198 valence electrons. The Balaban J connectivity index is 1.54. The van der Waals surface area contributed by atoms with Crippen LogP contribution >= 0.6 is 0 Å². The van der Waals surface area contributed by atoms with Crippen molar-refractivity contribution >= 4 is 11.6 Å². The predicted octanol–water partition coefficient (Wildman–Crippen LogP) is 3.96. The van der Waals surface area contributed by atoms with Crippen molar-refractivity contribution < 1.29 is 22.4 Å². The molecule has 5 rings (SSSR count). The summed E-state index contributed by atoms with van der Waals surface area (Å²) in [6, 6.07) is 11.1. The molecule has 0 spiro atoms. The lowest BCUT2D eigenvalue weighted by molar-refractivity contribution is -0.137. The zero-order chi connectivity index (χ0) is 27.7. The van der Waals surface area contributed by atoms with Gasteiger partial charge in [0.25, 0.3) is 5.91 Å². The van der Waals surface area contributed by atoms with Crippen molar-refractivity contribution in [3.8, 4) is 22.5 Å². The number of amides is 1. The van der Waals surface area contributed by atoms with Crippen LogP contribution in [-0.2, 0) is 19.6 Å². The van der Waals surface area contributed by atoms with Crippen LogP contribution < -0.4 is 11.0 Å². The second kappa shape index (κ2) is 9.96. The molecule has 5 aromatic rings. The summed E-state index contributed by atoms with van der Waals surface area (Å²) in [6.07, 6.45) is -2.10. The summed E-state index contributed by atoms with van der Waals surface area (Å²) in [5.74, 6) is -1.83. The van der Waals surface area contributed by atoms with Gasteiger partial charge in [-0.1, -0.05) is 30.3 Å². The molecule has 0 aliphatic heterocycles. The van der Waals surface area contributed by atoms with E-state index in [2.05, 4.69) is 35.6 Å². The number of rotatable bonds is 6. The van der Waals surface area contributed by atoms with Gasteiger partial charge in [-0.25, -0.2) is 24.3 Å². The minimum Gasteiger partial charge on any atom is -0.319 e. The lowest BCUT2D eigenvalue weighted by Crippen LogP contribution is -2.18. The van der Waals surface area contributed by atoms with Gasteiger partial charge in [-0.05, 0) is 18.2 Å². The quantitative estimate of drug-likeness (QED) is 0.280. The predicted molar refractivity (Wildman–Crippen MR) is 131 cm³/mol. The number of nitrogens with zero attached hydrogens (tertiary/aromatic N) is 5. The van der Waals surface area contributed by atoms with Gasteiger partial charge in [-0.2, -0.15) is 23.4 Å². The molecule has 10 nitrogen and oxygen atoms in total. The molecule has 3 N–H and O–H groups in total. The van der Waals surface area contributed by atoms with Crippen molar-refractivity contribution in [3.63, 3.8) is 0 Å². The third-order valence-corrected chi connectivity index (χ3v) is 5.66. The number of carbonyl (C=O) groups excluding carboxylic acids is 1. The summed E-state index contributed by atoms with van der Waals surface area (Å²) in [7, 11) is 1.52.